The number of fused-ring (bicyclic) bond motifs is 1. The van der Waals surface area contributed by atoms with Crippen molar-refractivity contribution in [3.8, 4) is 5.75 Å². The first-order valence-corrected chi connectivity index (χ1v) is 9.97. The van der Waals surface area contributed by atoms with Gasteiger partial charge in [0.25, 0.3) is 0 Å². The van der Waals surface area contributed by atoms with Crippen molar-refractivity contribution >= 4 is 29.0 Å². The van der Waals surface area contributed by atoms with Crippen LogP contribution in [0.5, 0.6) is 5.75 Å². The summed E-state index contributed by atoms with van der Waals surface area (Å²) in [7, 11) is 3.45. The number of ether oxygens (including phenoxy) is 1. The van der Waals surface area contributed by atoms with Gasteiger partial charge in [-0.2, -0.15) is 4.98 Å². The second-order valence-electron chi connectivity index (χ2n) is 7.39. The molecule has 7 heteroatoms. The van der Waals surface area contributed by atoms with E-state index in [1.54, 1.807) is 18.2 Å². The van der Waals surface area contributed by atoms with E-state index >= 15 is 0 Å². The Hall–Kier alpha value is -2.83. The van der Waals surface area contributed by atoms with Crippen molar-refractivity contribution in [1.82, 2.24) is 9.97 Å². The molecule has 0 spiro atoms. The molecule has 1 fully saturated rings. The summed E-state index contributed by atoms with van der Waals surface area (Å²) >= 11 is 0. The predicted octanol–water partition coefficient (Wildman–Crippen LogP) is 3.73. The average Bonchev–Trinajstić information content (AvgIpc) is 3.25. The van der Waals surface area contributed by atoms with Gasteiger partial charge < -0.3 is 19.9 Å². The number of likely N-dealkylation sites (N-methyl/N-ethyl adjacent to an activating group) is 1. The summed E-state index contributed by atoms with van der Waals surface area (Å²) in [5, 5.41) is 3.27. The van der Waals surface area contributed by atoms with Crippen molar-refractivity contribution in [1.29, 1.82) is 0 Å². The number of carbonyl (C=O) groups is 1. The minimum absolute atomic E-state index is 0.121. The number of carbonyl (C=O) groups excluding carboxylic acids is 1. The van der Waals surface area contributed by atoms with Gasteiger partial charge in [0, 0.05) is 13.1 Å². The van der Waals surface area contributed by atoms with Crippen LogP contribution in [0.15, 0.2) is 30.5 Å². The second-order valence-corrected chi connectivity index (χ2v) is 7.39. The molecule has 1 N–H and O–H groups in total. The molecule has 0 saturated heterocycles. The number of nitrogens with zero attached hydrogens (tertiary/aromatic N) is 4. The molecule has 0 radical (unpaired) electrons. The number of rotatable bonds is 5. The van der Waals surface area contributed by atoms with Crippen LogP contribution in [0.2, 0.25) is 0 Å². The zero-order valence-electron chi connectivity index (χ0n) is 16.7. The molecule has 2 heterocycles. The maximum atomic E-state index is 12.9. The smallest absolute Gasteiger partial charge is 0.249 e. The molecule has 1 aliphatic heterocycles. The highest BCUT2D eigenvalue weighted by atomic mass is 16.5. The van der Waals surface area contributed by atoms with E-state index < -0.39 is 0 Å². The standard InChI is InChI=1S/C21H27N5O2/c1-4-16-20(27)25(2)17-13-22-21(23-15-11-7-8-12-18(15)28-3)24-19(17)26(16)14-9-5-6-10-14/h7-8,11-14,16H,4-6,9-10H2,1-3H3,(H,22,23,24)/t16-/m1/s1. The molecule has 1 aromatic carbocycles. The maximum Gasteiger partial charge on any atom is 0.249 e. The second kappa shape index (κ2) is 7.66. The number of anilines is 4. The molecule has 0 unspecified atom stereocenters. The number of amides is 1. The van der Waals surface area contributed by atoms with Crippen LogP contribution in [0.4, 0.5) is 23.1 Å². The van der Waals surface area contributed by atoms with Crippen LogP contribution in [0, 0.1) is 0 Å². The third kappa shape index (κ3) is 3.15. The van der Waals surface area contributed by atoms with E-state index in [0.717, 1.165) is 42.2 Å². The van der Waals surface area contributed by atoms with Gasteiger partial charge >= 0.3 is 0 Å². The van der Waals surface area contributed by atoms with Crippen LogP contribution in [0.3, 0.4) is 0 Å². The first-order valence-electron chi connectivity index (χ1n) is 9.97. The van der Waals surface area contributed by atoms with E-state index in [0.29, 0.717) is 12.0 Å². The van der Waals surface area contributed by atoms with E-state index in [1.165, 1.54) is 12.8 Å². The van der Waals surface area contributed by atoms with Gasteiger partial charge in [-0.3, -0.25) is 4.79 Å². The Labute approximate surface area is 165 Å². The van der Waals surface area contributed by atoms with Crippen molar-refractivity contribution in [3.05, 3.63) is 30.5 Å². The molecule has 1 aromatic heterocycles. The molecule has 1 amide bonds. The maximum absolute atomic E-state index is 12.9. The Morgan fingerprint density at radius 2 is 2.00 bits per heavy atom. The summed E-state index contributed by atoms with van der Waals surface area (Å²) in [5.41, 5.74) is 1.58. The molecule has 7 nitrogen and oxygen atoms in total. The lowest BCUT2D eigenvalue weighted by atomic mass is 10.0. The highest BCUT2D eigenvalue weighted by molar-refractivity contribution is 6.04. The molecule has 1 aliphatic carbocycles. The molecular weight excluding hydrogens is 354 g/mol. The van der Waals surface area contributed by atoms with Gasteiger partial charge in [-0.25, -0.2) is 4.98 Å². The quantitative estimate of drug-likeness (QED) is 0.851. The van der Waals surface area contributed by atoms with Gasteiger partial charge in [0.05, 0.1) is 19.0 Å². The van der Waals surface area contributed by atoms with Crippen LogP contribution in [0.25, 0.3) is 0 Å². The first kappa shape index (κ1) is 18.5. The molecule has 2 aromatic rings. The van der Waals surface area contributed by atoms with Crippen molar-refractivity contribution in [2.45, 2.75) is 51.1 Å². The monoisotopic (exact) mass is 381 g/mol. The third-order valence-corrected chi connectivity index (χ3v) is 5.77. The fourth-order valence-electron chi connectivity index (χ4n) is 4.31. The number of hydrogen-bond donors (Lipinski definition) is 1. The van der Waals surface area contributed by atoms with Gasteiger partial charge in [0.2, 0.25) is 11.9 Å². The third-order valence-electron chi connectivity index (χ3n) is 5.77. The van der Waals surface area contributed by atoms with Crippen LogP contribution in [-0.4, -0.2) is 42.1 Å². The highest BCUT2D eigenvalue weighted by Gasteiger charge is 2.41. The zero-order valence-corrected chi connectivity index (χ0v) is 16.7. The normalized spacial score (nSPS) is 19.7. The average molecular weight is 381 g/mol. The highest BCUT2D eigenvalue weighted by Crippen LogP contribution is 2.40. The van der Waals surface area contributed by atoms with Gasteiger partial charge in [0.1, 0.15) is 17.5 Å². The largest absolute Gasteiger partial charge is 0.495 e. The number of benzene rings is 1. The SMILES string of the molecule is CC[C@@H]1C(=O)N(C)c2cnc(Nc3ccccc3OC)nc2N1C1CCCC1. The number of nitrogens with one attached hydrogen (secondary N) is 1. The molecule has 1 atom stereocenters. The predicted molar refractivity (Wildman–Crippen MR) is 111 cm³/mol. The molecular formula is C21H27N5O2. The van der Waals surface area contributed by atoms with Crippen LogP contribution in [0.1, 0.15) is 39.0 Å². The van der Waals surface area contributed by atoms with Crippen LogP contribution >= 0.6 is 0 Å². The summed E-state index contributed by atoms with van der Waals surface area (Å²) in [6.45, 7) is 2.07. The van der Waals surface area contributed by atoms with E-state index in [4.69, 9.17) is 9.72 Å². The molecule has 148 valence electrons. The van der Waals surface area contributed by atoms with Crippen molar-refractivity contribution in [2.24, 2.45) is 0 Å². The van der Waals surface area contributed by atoms with E-state index in [-0.39, 0.29) is 11.9 Å². The topological polar surface area (TPSA) is 70.6 Å². The van der Waals surface area contributed by atoms with Gasteiger partial charge in [-0.1, -0.05) is 31.9 Å². The van der Waals surface area contributed by atoms with Crippen LogP contribution < -0.4 is 19.9 Å². The number of hydrogen-bond acceptors (Lipinski definition) is 6. The minimum atomic E-state index is -0.172. The van der Waals surface area contributed by atoms with Crippen molar-refractivity contribution in [2.75, 3.05) is 29.3 Å². The zero-order chi connectivity index (χ0) is 19.7. The molecule has 4 rings (SSSR count). The summed E-state index contributed by atoms with van der Waals surface area (Å²) in [6, 6.07) is 7.87. The summed E-state index contributed by atoms with van der Waals surface area (Å²) in [5.74, 6) is 2.20. The van der Waals surface area contributed by atoms with Crippen molar-refractivity contribution in [3.63, 3.8) is 0 Å². The van der Waals surface area contributed by atoms with Gasteiger partial charge in [-0.05, 0) is 31.4 Å². The summed E-state index contributed by atoms with van der Waals surface area (Å²) in [4.78, 5) is 26.2. The van der Waals surface area contributed by atoms with Crippen molar-refractivity contribution < 1.29 is 9.53 Å². The number of aromatic nitrogens is 2. The number of methoxy groups -OCH3 is 1. The fraction of sp³-hybridized carbons (Fsp3) is 0.476. The van der Waals surface area contributed by atoms with E-state index in [1.807, 2.05) is 31.3 Å². The Balaban J connectivity index is 1.74. The fourth-order valence-corrected chi connectivity index (χ4v) is 4.31. The summed E-state index contributed by atoms with van der Waals surface area (Å²) in [6.07, 6.45) is 7.12. The Morgan fingerprint density at radius 3 is 2.71 bits per heavy atom. The number of para-hydroxylation sites is 2. The van der Waals surface area contributed by atoms with E-state index in [9.17, 15) is 4.79 Å². The Morgan fingerprint density at radius 1 is 1.25 bits per heavy atom. The molecule has 1 saturated carbocycles. The first-order chi connectivity index (χ1) is 13.6. The summed E-state index contributed by atoms with van der Waals surface area (Å²) < 4.78 is 5.42. The Kier molecular flexibility index (Phi) is 5.07. The molecule has 0 bridgehead atoms. The molecule has 2 aliphatic rings. The Bertz CT molecular complexity index is 866. The van der Waals surface area contributed by atoms with Gasteiger partial charge in [-0.15, -0.1) is 0 Å². The lowest BCUT2D eigenvalue weighted by Crippen LogP contribution is -2.55. The van der Waals surface area contributed by atoms with Crippen LogP contribution in [-0.2, 0) is 4.79 Å². The van der Waals surface area contributed by atoms with Gasteiger partial charge in [0.15, 0.2) is 5.82 Å². The minimum Gasteiger partial charge on any atom is -0.495 e. The lowest BCUT2D eigenvalue weighted by Gasteiger charge is -2.43. The van der Waals surface area contributed by atoms with E-state index in [2.05, 4.69) is 22.1 Å². The lowest BCUT2D eigenvalue weighted by molar-refractivity contribution is -0.120. The molecule has 28 heavy (non-hydrogen) atoms.